The van der Waals surface area contributed by atoms with E-state index in [2.05, 4.69) is 20.8 Å². The summed E-state index contributed by atoms with van der Waals surface area (Å²) >= 11 is 0. The fraction of sp³-hybridized carbons (Fsp3) is 0. The summed E-state index contributed by atoms with van der Waals surface area (Å²) < 4.78 is 0. The number of carbonyl (C=O) groups is 3. The number of rotatable bonds is 2. The van der Waals surface area contributed by atoms with E-state index >= 15 is 0 Å². The number of hydrogen-bond donors (Lipinski definition) is 3. The molecule has 7 nitrogen and oxygen atoms in total. The van der Waals surface area contributed by atoms with Crippen molar-refractivity contribution in [2.24, 2.45) is 0 Å². The van der Waals surface area contributed by atoms with Crippen molar-refractivity contribution in [1.82, 2.24) is 15.5 Å². The highest BCUT2D eigenvalue weighted by molar-refractivity contribution is 6.22. The minimum absolute atomic E-state index is 0.259. The number of benzene rings is 1. The zero-order chi connectivity index (χ0) is 13.4. The lowest BCUT2D eigenvalue weighted by Gasteiger charge is -2.04. The van der Waals surface area contributed by atoms with Gasteiger partial charge in [0.2, 0.25) is 0 Å². The quantitative estimate of drug-likeness (QED) is 0.682. The Bertz CT molecular complexity index is 691. The number of nitrogens with zero attached hydrogens (tertiary/aromatic N) is 1. The Morgan fingerprint density at radius 3 is 2.68 bits per heavy atom. The number of aromatic amines is 1. The number of fused-ring (bicyclic) bond motifs is 1. The Labute approximate surface area is 107 Å². The third kappa shape index (κ3) is 1.86. The second-order valence-corrected chi connectivity index (χ2v) is 3.98. The predicted octanol–water partition coefficient (Wildman–Crippen LogP) is 0.546. The van der Waals surface area contributed by atoms with Crippen molar-refractivity contribution in [3.63, 3.8) is 0 Å². The molecule has 1 aliphatic heterocycles. The molecule has 7 heteroatoms. The predicted molar refractivity (Wildman–Crippen MR) is 64.8 cm³/mol. The van der Waals surface area contributed by atoms with E-state index in [1.54, 1.807) is 6.07 Å². The van der Waals surface area contributed by atoms with Gasteiger partial charge >= 0.3 is 0 Å². The topological polar surface area (TPSA) is 104 Å². The number of aromatic nitrogens is 2. The van der Waals surface area contributed by atoms with Gasteiger partial charge in [0.25, 0.3) is 17.7 Å². The number of anilines is 1. The number of imide groups is 1. The van der Waals surface area contributed by atoms with E-state index in [1.807, 2.05) is 0 Å². The molecule has 2 heterocycles. The average molecular weight is 256 g/mol. The van der Waals surface area contributed by atoms with Crippen LogP contribution in [0.1, 0.15) is 31.1 Å². The first-order chi connectivity index (χ1) is 9.15. The van der Waals surface area contributed by atoms with Crippen LogP contribution in [-0.2, 0) is 0 Å². The summed E-state index contributed by atoms with van der Waals surface area (Å²) in [7, 11) is 0. The molecule has 3 N–H and O–H groups in total. The van der Waals surface area contributed by atoms with Crippen LogP contribution >= 0.6 is 0 Å². The molecule has 94 valence electrons. The molecule has 1 aromatic carbocycles. The van der Waals surface area contributed by atoms with Crippen molar-refractivity contribution in [1.29, 1.82) is 0 Å². The van der Waals surface area contributed by atoms with Crippen LogP contribution in [0.15, 0.2) is 30.6 Å². The van der Waals surface area contributed by atoms with Gasteiger partial charge in [-0.3, -0.25) is 24.8 Å². The van der Waals surface area contributed by atoms with Gasteiger partial charge in [-0.1, -0.05) is 0 Å². The summed E-state index contributed by atoms with van der Waals surface area (Å²) in [5.74, 6) is -1.23. The second kappa shape index (κ2) is 4.05. The smallest absolute Gasteiger partial charge is 0.259 e. The lowest BCUT2D eigenvalue weighted by molar-refractivity contribution is 0.0878. The summed E-state index contributed by atoms with van der Waals surface area (Å²) in [4.78, 5) is 34.6. The fourth-order valence-electron chi connectivity index (χ4n) is 1.82. The van der Waals surface area contributed by atoms with Crippen LogP contribution in [0.3, 0.4) is 0 Å². The van der Waals surface area contributed by atoms with Gasteiger partial charge in [-0.25, -0.2) is 0 Å². The summed E-state index contributed by atoms with van der Waals surface area (Å²) in [6, 6.07) is 4.53. The highest BCUT2D eigenvalue weighted by Gasteiger charge is 2.26. The minimum Gasteiger partial charge on any atom is -0.322 e. The van der Waals surface area contributed by atoms with Crippen LogP contribution in [0.25, 0.3) is 0 Å². The van der Waals surface area contributed by atoms with Gasteiger partial charge in [0.15, 0.2) is 0 Å². The normalized spacial score (nSPS) is 13.1. The first-order valence-corrected chi connectivity index (χ1v) is 5.45. The highest BCUT2D eigenvalue weighted by atomic mass is 16.2. The van der Waals surface area contributed by atoms with Gasteiger partial charge in [-0.2, -0.15) is 5.10 Å². The number of carbonyl (C=O) groups excluding carboxylic acids is 3. The van der Waals surface area contributed by atoms with E-state index in [0.29, 0.717) is 16.8 Å². The zero-order valence-corrected chi connectivity index (χ0v) is 9.56. The number of hydrogen-bond acceptors (Lipinski definition) is 4. The number of nitrogens with one attached hydrogen (secondary N) is 3. The summed E-state index contributed by atoms with van der Waals surface area (Å²) in [5, 5.41) is 11.0. The van der Waals surface area contributed by atoms with Crippen LogP contribution in [0.5, 0.6) is 0 Å². The lowest BCUT2D eigenvalue weighted by atomic mass is 10.1. The van der Waals surface area contributed by atoms with Crippen molar-refractivity contribution in [2.75, 3.05) is 5.32 Å². The summed E-state index contributed by atoms with van der Waals surface area (Å²) in [6.45, 7) is 0. The lowest BCUT2D eigenvalue weighted by Crippen LogP contribution is -2.19. The number of amides is 3. The van der Waals surface area contributed by atoms with E-state index in [0.717, 1.165) is 0 Å². The first kappa shape index (κ1) is 11.1. The molecule has 0 aliphatic carbocycles. The maximum atomic E-state index is 11.8. The SMILES string of the molecule is O=C(Nc1ccc2c(c1)C(=O)NC2=O)c1cn[nH]c1. The van der Waals surface area contributed by atoms with Crippen LogP contribution in [0.4, 0.5) is 5.69 Å². The van der Waals surface area contributed by atoms with Crippen LogP contribution < -0.4 is 10.6 Å². The van der Waals surface area contributed by atoms with E-state index in [-0.39, 0.29) is 11.5 Å². The van der Waals surface area contributed by atoms with Gasteiger partial charge in [-0.15, -0.1) is 0 Å². The Balaban J connectivity index is 1.88. The van der Waals surface area contributed by atoms with Gasteiger partial charge in [-0.05, 0) is 18.2 Å². The Hall–Kier alpha value is -2.96. The van der Waals surface area contributed by atoms with Crippen molar-refractivity contribution < 1.29 is 14.4 Å². The van der Waals surface area contributed by atoms with E-state index < -0.39 is 11.8 Å². The Morgan fingerprint density at radius 1 is 1.16 bits per heavy atom. The van der Waals surface area contributed by atoms with E-state index in [9.17, 15) is 14.4 Å². The molecule has 0 bridgehead atoms. The van der Waals surface area contributed by atoms with Gasteiger partial charge < -0.3 is 5.32 Å². The number of H-pyrrole nitrogens is 1. The molecule has 3 amide bonds. The van der Waals surface area contributed by atoms with Crippen LogP contribution in [0, 0.1) is 0 Å². The van der Waals surface area contributed by atoms with Gasteiger partial charge in [0.05, 0.1) is 22.9 Å². The molecule has 1 aliphatic rings. The van der Waals surface area contributed by atoms with E-state index in [4.69, 9.17) is 0 Å². The monoisotopic (exact) mass is 256 g/mol. The second-order valence-electron chi connectivity index (χ2n) is 3.98. The molecular weight excluding hydrogens is 248 g/mol. The first-order valence-electron chi connectivity index (χ1n) is 5.45. The standard InChI is InChI=1S/C12H8N4O3/c17-10(6-4-13-14-5-6)15-7-1-2-8-9(3-7)12(19)16-11(8)18/h1-5H,(H,13,14)(H,15,17)(H,16,18,19). The molecule has 0 unspecified atom stereocenters. The molecule has 0 atom stereocenters. The van der Waals surface area contributed by atoms with Gasteiger partial charge in [0.1, 0.15) is 0 Å². The van der Waals surface area contributed by atoms with Crippen LogP contribution in [-0.4, -0.2) is 27.9 Å². The van der Waals surface area contributed by atoms with Crippen LogP contribution in [0.2, 0.25) is 0 Å². The molecule has 3 rings (SSSR count). The van der Waals surface area contributed by atoms with Crippen molar-refractivity contribution >= 4 is 23.4 Å². The molecule has 0 fully saturated rings. The average Bonchev–Trinajstić information content (AvgIpc) is 2.99. The van der Waals surface area contributed by atoms with Crippen molar-refractivity contribution in [3.8, 4) is 0 Å². The molecule has 0 saturated carbocycles. The Morgan fingerprint density at radius 2 is 1.95 bits per heavy atom. The fourth-order valence-corrected chi connectivity index (χ4v) is 1.82. The largest absolute Gasteiger partial charge is 0.322 e. The highest BCUT2D eigenvalue weighted by Crippen LogP contribution is 2.20. The third-order valence-corrected chi connectivity index (χ3v) is 2.75. The molecule has 1 aromatic heterocycles. The van der Waals surface area contributed by atoms with E-state index in [1.165, 1.54) is 24.5 Å². The summed E-state index contributed by atoms with van der Waals surface area (Å²) in [5.41, 5.74) is 1.39. The molecule has 0 saturated heterocycles. The summed E-state index contributed by atoms with van der Waals surface area (Å²) in [6.07, 6.45) is 2.85. The minimum atomic E-state index is -0.459. The molecule has 0 spiro atoms. The molecule has 19 heavy (non-hydrogen) atoms. The third-order valence-electron chi connectivity index (χ3n) is 2.75. The van der Waals surface area contributed by atoms with Gasteiger partial charge in [0, 0.05) is 11.9 Å². The Kier molecular flexibility index (Phi) is 2.38. The molecule has 2 aromatic rings. The van der Waals surface area contributed by atoms with Crippen molar-refractivity contribution in [3.05, 3.63) is 47.3 Å². The maximum absolute atomic E-state index is 11.8. The van der Waals surface area contributed by atoms with Crippen molar-refractivity contribution in [2.45, 2.75) is 0 Å². The molecule has 0 radical (unpaired) electrons. The molecular formula is C12H8N4O3. The zero-order valence-electron chi connectivity index (χ0n) is 9.56. The maximum Gasteiger partial charge on any atom is 0.259 e.